The highest BCUT2D eigenvalue weighted by Crippen LogP contribution is 2.21. The summed E-state index contributed by atoms with van der Waals surface area (Å²) in [5, 5.41) is 6.82. The van der Waals surface area contributed by atoms with Crippen molar-refractivity contribution in [1.29, 1.82) is 0 Å². The maximum Gasteiger partial charge on any atom is 0.246 e. The molecular formula is C22H30FN3O3. The highest BCUT2D eigenvalue weighted by Gasteiger charge is 2.21. The van der Waals surface area contributed by atoms with Crippen molar-refractivity contribution in [2.24, 2.45) is 11.8 Å². The van der Waals surface area contributed by atoms with Gasteiger partial charge in [-0.3, -0.25) is 4.79 Å². The molecule has 158 valence electrons. The number of amides is 1. The van der Waals surface area contributed by atoms with Gasteiger partial charge in [0.15, 0.2) is 5.76 Å². The number of benzene rings is 1. The summed E-state index contributed by atoms with van der Waals surface area (Å²) in [6.45, 7) is 8.75. The molecule has 1 aliphatic rings. The van der Waals surface area contributed by atoms with Gasteiger partial charge in [-0.25, -0.2) is 4.39 Å². The van der Waals surface area contributed by atoms with Crippen LogP contribution < -0.4 is 5.32 Å². The number of hydrogen-bond acceptors (Lipinski definition) is 5. The molecule has 1 amide bonds. The third-order valence-electron chi connectivity index (χ3n) is 5.09. The molecule has 0 saturated carbocycles. The van der Waals surface area contributed by atoms with E-state index in [9.17, 15) is 9.18 Å². The fourth-order valence-corrected chi connectivity index (χ4v) is 3.93. The molecule has 1 fully saturated rings. The molecule has 0 bridgehead atoms. The molecule has 29 heavy (non-hydrogen) atoms. The first-order valence-corrected chi connectivity index (χ1v) is 10.3. The number of carbonyl (C=O) groups excluding carboxylic acids is 1. The van der Waals surface area contributed by atoms with E-state index < -0.39 is 0 Å². The largest absolute Gasteiger partial charge is 0.365 e. The topological polar surface area (TPSA) is 67.6 Å². The van der Waals surface area contributed by atoms with Crippen molar-refractivity contribution >= 4 is 5.91 Å². The Labute approximate surface area is 171 Å². The summed E-state index contributed by atoms with van der Waals surface area (Å²) in [6, 6.07) is 7.71. The van der Waals surface area contributed by atoms with Crippen molar-refractivity contribution in [3.8, 4) is 11.3 Å². The molecule has 0 radical (unpaired) electrons. The number of likely N-dealkylation sites (tertiary alicyclic amines) is 1. The van der Waals surface area contributed by atoms with Crippen molar-refractivity contribution in [3.05, 3.63) is 41.8 Å². The normalized spacial score (nSPS) is 20.0. The highest BCUT2D eigenvalue weighted by molar-refractivity contribution is 5.77. The summed E-state index contributed by atoms with van der Waals surface area (Å²) in [7, 11) is 0. The average Bonchev–Trinajstić information content (AvgIpc) is 3.14. The van der Waals surface area contributed by atoms with E-state index in [0.717, 1.165) is 43.5 Å². The standard InChI is InChI=1S/C22H30FN3O3/c1-16-10-17(2)13-26(12-16)9-3-8-24-22(27)15-28-14-20-11-21(29-25-20)18-4-6-19(23)7-5-18/h4-7,11,16-17H,3,8-10,12-15H2,1-2H3,(H,24,27). The summed E-state index contributed by atoms with van der Waals surface area (Å²) in [5.41, 5.74) is 1.32. The van der Waals surface area contributed by atoms with Gasteiger partial charge in [0, 0.05) is 31.3 Å². The minimum absolute atomic E-state index is 0.0173. The number of ether oxygens (including phenoxy) is 1. The van der Waals surface area contributed by atoms with Gasteiger partial charge in [0.2, 0.25) is 5.91 Å². The van der Waals surface area contributed by atoms with Crippen LogP contribution in [0.5, 0.6) is 0 Å². The SMILES string of the molecule is CC1CC(C)CN(CCCNC(=O)COCc2cc(-c3ccc(F)cc3)on2)C1. The van der Waals surface area contributed by atoms with E-state index in [-0.39, 0.29) is 24.9 Å². The van der Waals surface area contributed by atoms with E-state index in [2.05, 4.69) is 29.2 Å². The number of hydrogen-bond donors (Lipinski definition) is 1. The maximum absolute atomic E-state index is 13.0. The Bertz CT molecular complexity index is 768. The lowest BCUT2D eigenvalue weighted by Gasteiger charge is -2.34. The summed E-state index contributed by atoms with van der Waals surface area (Å²) in [4.78, 5) is 14.4. The lowest BCUT2D eigenvalue weighted by atomic mass is 9.92. The van der Waals surface area contributed by atoms with Crippen LogP contribution in [0.1, 0.15) is 32.4 Å². The maximum atomic E-state index is 13.0. The van der Waals surface area contributed by atoms with Gasteiger partial charge in [0.25, 0.3) is 0 Å². The Hall–Kier alpha value is -2.25. The Morgan fingerprint density at radius 3 is 2.72 bits per heavy atom. The molecule has 3 rings (SSSR count). The smallest absolute Gasteiger partial charge is 0.246 e. The van der Waals surface area contributed by atoms with Crippen LogP contribution in [0.25, 0.3) is 11.3 Å². The first kappa shape index (κ1) is 21.5. The van der Waals surface area contributed by atoms with Crippen LogP contribution in [0.2, 0.25) is 0 Å². The van der Waals surface area contributed by atoms with E-state index in [1.165, 1.54) is 18.6 Å². The fourth-order valence-electron chi connectivity index (χ4n) is 3.93. The molecule has 0 aliphatic carbocycles. The number of aromatic nitrogens is 1. The Morgan fingerprint density at radius 1 is 1.28 bits per heavy atom. The zero-order valence-corrected chi connectivity index (χ0v) is 17.2. The van der Waals surface area contributed by atoms with E-state index in [1.807, 2.05) is 0 Å². The van der Waals surface area contributed by atoms with Crippen molar-refractivity contribution < 1.29 is 18.4 Å². The molecule has 1 N–H and O–H groups in total. The minimum atomic E-state index is -0.303. The molecule has 2 heterocycles. The van der Waals surface area contributed by atoms with Gasteiger partial charge in [-0.1, -0.05) is 19.0 Å². The van der Waals surface area contributed by atoms with E-state index in [4.69, 9.17) is 9.26 Å². The van der Waals surface area contributed by atoms with Crippen LogP contribution in [0.3, 0.4) is 0 Å². The van der Waals surface area contributed by atoms with Crippen molar-refractivity contribution in [2.45, 2.75) is 33.3 Å². The van der Waals surface area contributed by atoms with Gasteiger partial charge < -0.3 is 19.5 Å². The molecule has 2 unspecified atom stereocenters. The quantitative estimate of drug-likeness (QED) is 0.650. The van der Waals surface area contributed by atoms with Crippen LogP contribution in [-0.4, -0.2) is 48.7 Å². The molecule has 1 aliphatic heterocycles. The lowest BCUT2D eigenvalue weighted by Crippen LogP contribution is -2.40. The van der Waals surface area contributed by atoms with E-state index in [0.29, 0.717) is 18.0 Å². The van der Waals surface area contributed by atoms with Crippen molar-refractivity contribution in [2.75, 3.05) is 32.8 Å². The van der Waals surface area contributed by atoms with Crippen LogP contribution in [0.15, 0.2) is 34.9 Å². The molecule has 2 aromatic rings. The fraction of sp³-hybridized carbons (Fsp3) is 0.545. The van der Waals surface area contributed by atoms with Crippen molar-refractivity contribution in [1.82, 2.24) is 15.4 Å². The van der Waals surface area contributed by atoms with Gasteiger partial charge in [-0.15, -0.1) is 0 Å². The number of rotatable bonds is 9. The Balaban J connectivity index is 1.30. The number of nitrogens with zero attached hydrogens (tertiary/aromatic N) is 2. The molecule has 6 nitrogen and oxygen atoms in total. The van der Waals surface area contributed by atoms with Gasteiger partial charge in [0.1, 0.15) is 18.1 Å². The molecule has 2 atom stereocenters. The van der Waals surface area contributed by atoms with Gasteiger partial charge >= 0.3 is 0 Å². The van der Waals surface area contributed by atoms with Crippen LogP contribution in [0, 0.1) is 17.7 Å². The van der Waals surface area contributed by atoms with Gasteiger partial charge in [-0.2, -0.15) is 0 Å². The second-order valence-corrected chi connectivity index (χ2v) is 8.09. The predicted molar refractivity (Wildman–Crippen MR) is 109 cm³/mol. The first-order valence-electron chi connectivity index (χ1n) is 10.3. The number of nitrogens with one attached hydrogen (secondary N) is 1. The van der Waals surface area contributed by atoms with Crippen molar-refractivity contribution in [3.63, 3.8) is 0 Å². The average molecular weight is 403 g/mol. The van der Waals surface area contributed by atoms with E-state index in [1.54, 1.807) is 18.2 Å². The number of halogens is 1. The number of piperidine rings is 1. The second-order valence-electron chi connectivity index (χ2n) is 8.09. The lowest BCUT2D eigenvalue weighted by molar-refractivity contribution is -0.126. The second kappa shape index (κ2) is 10.5. The highest BCUT2D eigenvalue weighted by atomic mass is 19.1. The third kappa shape index (κ3) is 6.94. The van der Waals surface area contributed by atoms with Crippen LogP contribution in [-0.2, 0) is 16.1 Å². The van der Waals surface area contributed by atoms with Crippen LogP contribution in [0.4, 0.5) is 4.39 Å². The first-order chi connectivity index (χ1) is 14.0. The zero-order chi connectivity index (χ0) is 20.6. The molecule has 1 aromatic carbocycles. The number of carbonyl (C=O) groups is 1. The summed E-state index contributed by atoms with van der Waals surface area (Å²) in [5.74, 6) is 1.61. The summed E-state index contributed by atoms with van der Waals surface area (Å²) < 4.78 is 23.6. The Morgan fingerprint density at radius 2 is 2.00 bits per heavy atom. The predicted octanol–water partition coefficient (Wildman–Crippen LogP) is 3.48. The summed E-state index contributed by atoms with van der Waals surface area (Å²) >= 11 is 0. The molecule has 0 spiro atoms. The van der Waals surface area contributed by atoms with Gasteiger partial charge in [-0.05, 0) is 55.5 Å². The molecular weight excluding hydrogens is 373 g/mol. The molecule has 7 heteroatoms. The van der Waals surface area contributed by atoms with Gasteiger partial charge in [0.05, 0.1) is 6.61 Å². The van der Waals surface area contributed by atoms with E-state index >= 15 is 0 Å². The molecule has 1 saturated heterocycles. The molecule has 1 aromatic heterocycles. The van der Waals surface area contributed by atoms with Crippen LogP contribution >= 0.6 is 0 Å². The zero-order valence-electron chi connectivity index (χ0n) is 17.2. The third-order valence-corrected chi connectivity index (χ3v) is 5.09. The summed E-state index contributed by atoms with van der Waals surface area (Å²) in [6.07, 6.45) is 2.25. The monoisotopic (exact) mass is 403 g/mol. The minimum Gasteiger partial charge on any atom is -0.365 e. The Kier molecular flexibility index (Phi) is 7.77.